The van der Waals surface area contributed by atoms with Gasteiger partial charge in [0.1, 0.15) is 0 Å². The average Bonchev–Trinajstić information content (AvgIpc) is 3.56. The van der Waals surface area contributed by atoms with E-state index in [1.165, 1.54) is 44.1 Å². The van der Waals surface area contributed by atoms with Crippen LogP contribution >= 0.6 is 0 Å². The van der Waals surface area contributed by atoms with Gasteiger partial charge in [-0.25, -0.2) is 0 Å². The Hall–Kier alpha value is -5.74. The van der Waals surface area contributed by atoms with Gasteiger partial charge in [-0.2, -0.15) is 0 Å². The molecular formula is C39H25N3O. The first-order valence-corrected chi connectivity index (χ1v) is 14.5. The monoisotopic (exact) mass is 551 g/mol. The van der Waals surface area contributed by atoms with Gasteiger partial charge in [0, 0.05) is 21.9 Å². The topological polar surface area (TPSA) is 61.9 Å². The van der Waals surface area contributed by atoms with Crippen molar-refractivity contribution < 1.29 is 4.74 Å². The van der Waals surface area contributed by atoms with Crippen LogP contribution in [0.2, 0.25) is 0 Å². The SMILES string of the molecule is N=C(OC(=N)c1ccc2c(c1)C1(c3ccccc3-c3ccccc31)c1cccc3c4ccccc4n-2c13)c1ccccc1. The van der Waals surface area contributed by atoms with Gasteiger partial charge in [0.15, 0.2) is 0 Å². The number of aromatic nitrogens is 1. The molecule has 9 rings (SSSR count). The van der Waals surface area contributed by atoms with Gasteiger partial charge in [0.05, 0.1) is 22.1 Å². The molecule has 2 aliphatic rings. The quantitative estimate of drug-likeness (QED) is 0.164. The summed E-state index contributed by atoms with van der Waals surface area (Å²) in [5.74, 6) is -0.0919. The van der Waals surface area contributed by atoms with Crippen molar-refractivity contribution in [2.45, 2.75) is 5.41 Å². The molecule has 6 aromatic carbocycles. The van der Waals surface area contributed by atoms with Crippen molar-refractivity contribution in [2.75, 3.05) is 0 Å². The van der Waals surface area contributed by atoms with E-state index in [9.17, 15) is 0 Å². The smallest absolute Gasteiger partial charge is 0.221 e. The number of hydrogen-bond acceptors (Lipinski definition) is 3. The van der Waals surface area contributed by atoms with Crippen LogP contribution in [0, 0.1) is 10.8 Å². The Balaban J connectivity index is 1.37. The van der Waals surface area contributed by atoms with E-state index in [4.69, 9.17) is 15.6 Å². The lowest BCUT2D eigenvalue weighted by atomic mass is 9.65. The van der Waals surface area contributed by atoms with Crippen LogP contribution < -0.4 is 0 Å². The van der Waals surface area contributed by atoms with E-state index < -0.39 is 5.41 Å². The largest absolute Gasteiger partial charge is 0.421 e. The molecule has 0 fully saturated rings. The number of para-hydroxylation sites is 2. The van der Waals surface area contributed by atoms with Crippen molar-refractivity contribution in [2.24, 2.45) is 0 Å². The van der Waals surface area contributed by atoms with Gasteiger partial charge in [-0.1, -0.05) is 103 Å². The van der Waals surface area contributed by atoms with Crippen LogP contribution in [0.5, 0.6) is 0 Å². The highest BCUT2D eigenvalue weighted by atomic mass is 16.5. The Bertz CT molecular complexity index is 2270. The summed E-state index contributed by atoms with van der Waals surface area (Å²) in [6, 6.07) is 48.2. The molecule has 0 amide bonds. The first kappa shape index (κ1) is 23.9. The number of rotatable bonds is 2. The van der Waals surface area contributed by atoms with Crippen molar-refractivity contribution >= 4 is 33.6 Å². The highest BCUT2D eigenvalue weighted by Crippen LogP contribution is 2.60. The van der Waals surface area contributed by atoms with Crippen molar-refractivity contribution in [3.05, 3.63) is 173 Å². The summed E-state index contributed by atoms with van der Waals surface area (Å²) in [6.45, 7) is 0. The first-order chi connectivity index (χ1) is 21.2. The molecule has 1 aliphatic heterocycles. The molecule has 1 spiro atoms. The summed E-state index contributed by atoms with van der Waals surface area (Å²) < 4.78 is 8.24. The number of nitrogens with one attached hydrogen (secondary N) is 2. The van der Waals surface area contributed by atoms with Crippen molar-refractivity contribution in [1.82, 2.24) is 4.57 Å². The van der Waals surface area contributed by atoms with E-state index in [1.807, 2.05) is 36.4 Å². The average molecular weight is 552 g/mol. The zero-order chi connectivity index (χ0) is 28.7. The van der Waals surface area contributed by atoms with E-state index in [2.05, 4.69) is 108 Å². The van der Waals surface area contributed by atoms with Crippen LogP contribution in [0.3, 0.4) is 0 Å². The number of hydrogen-bond donors (Lipinski definition) is 2. The second-order valence-electron chi connectivity index (χ2n) is 11.3. The normalized spacial score (nSPS) is 13.5. The zero-order valence-corrected chi connectivity index (χ0v) is 23.1. The highest BCUT2D eigenvalue weighted by molar-refractivity contribution is 6.13. The number of nitrogens with zero attached hydrogens (tertiary/aromatic N) is 1. The number of ether oxygens (including phenoxy) is 1. The van der Waals surface area contributed by atoms with E-state index in [0.29, 0.717) is 11.1 Å². The minimum atomic E-state index is -0.588. The molecule has 0 atom stereocenters. The van der Waals surface area contributed by atoms with E-state index in [0.717, 1.165) is 16.8 Å². The van der Waals surface area contributed by atoms with Crippen LogP contribution in [0.25, 0.3) is 38.6 Å². The molecule has 0 saturated heterocycles. The highest BCUT2D eigenvalue weighted by Gasteiger charge is 2.50. The van der Waals surface area contributed by atoms with Crippen molar-refractivity contribution in [3.8, 4) is 16.8 Å². The Morgan fingerprint density at radius 1 is 0.512 bits per heavy atom. The third-order valence-corrected chi connectivity index (χ3v) is 9.19. The lowest BCUT2D eigenvalue weighted by Crippen LogP contribution is -2.34. The Morgan fingerprint density at radius 2 is 1.12 bits per heavy atom. The van der Waals surface area contributed by atoms with Gasteiger partial charge in [0.2, 0.25) is 11.8 Å². The fourth-order valence-corrected chi connectivity index (χ4v) is 7.51. The molecule has 0 unspecified atom stereocenters. The van der Waals surface area contributed by atoms with Crippen LogP contribution in [-0.2, 0) is 10.2 Å². The summed E-state index contributed by atoms with van der Waals surface area (Å²) in [5, 5.41) is 19.9. The molecule has 202 valence electrons. The summed E-state index contributed by atoms with van der Waals surface area (Å²) >= 11 is 0. The van der Waals surface area contributed by atoms with Crippen molar-refractivity contribution in [1.29, 1.82) is 10.8 Å². The molecule has 4 heteroatoms. The molecule has 0 radical (unpaired) electrons. The summed E-state index contributed by atoms with van der Waals surface area (Å²) in [7, 11) is 0. The summed E-state index contributed by atoms with van der Waals surface area (Å²) in [4.78, 5) is 0. The maximum Gasteiger partial charge on any atom is 0.221 e. The molecule has 4 nitrogen and oxygen atoms in total. The van der Waals surface area contributed by atoms with Crippen LogP contribution in [0.4, 0.5) is 0 Å². The van der Waals surface area contributed by atoms with Gasteiger partial charge in [-0.15, -0.1) is 0 Å². The maximum absolute atomic E-state index is 8.97. The number of benzene rings is 6. The fraction of sp³-hybridized carbons (Fsp3) is 0.0256. The van der Waals surface area contributed by atoms with Crippen LogP contribution in [-0.4, -0.2) is 16.4 Å². The second-order valence-corrected chi connectivity index (χ2v) is 11.3. The Kier molecular flexibility index (Phi) is 4.80. The minimum absolute atomic E-state index is 0.0435. The number of fused-ring (bicyclic) bond motifs is 12. The van der Waals surface area contributed by atoms with E-state index in [1.54, 1.807) is 0 Å². The molecule has 43 heavy (non-hydrogen) atoms. The Morgan fingerprint density at radius 3 is 1.88 bits per heavy atom. The molecule has 2 heterocycles. The predicted molar refractivity (Wildman–Crippen MR) is 173 cm³/mol. The van der Waals surface area contributed by atoms with Gasteiger partial charge in [0.25, 0.3) is 0 Å². The maximum atomic E-state index is 8.97. The van der Waals surface area contributed by atoms with E-state index >= 15 is 0 Å². The van der Waals surface area contributed by atoms with Crippen LogP contribution in [0.15, 0.2) is 140 Å². The minimum Gasteiger partial charge on any atom is -0.421 e. The molecule has 0 bridgehead atoms. The second kappa shape index (κ2) is 8.63. The lowest BCUT2D eigenvalue weighted by molar-refractivity contribution is 0.538. The zero-order valence-electron chi connectivity index (χ0n) is 23.1. The van der Waals surface area contributed by atoms with Gasteiger partial charge < -0.3 is 9.30 Å². The van der Waals surface area contributed by atoms with Gasteiger partial charge in [-0.3, -0.25) is 10.8 Å². The molecule has 1 aliphatic carbocycles. The third kappa shape index (κ3) is 3.04. The fourth-order valence-electron chi connectivity index (χ4n) is 7.51. The summed E-state index contributed by atoms with van der Waals surface area (Å²) in [5.41, 5.74) is 11.4. The lowest BCUT2D eigenvalue weighted by Gasteiger charge is -2.39. The molecule has 0 saturated carbocycles. The molecule has 1 aromatic heterocycles. The van der Waals surface area contributed by atoms with Crippen LogP contribution in [0.1, 0.15) is 33.4 Å². The first-order valence-electron chi connectivity index (χ1n) is 14.5. The molecule has 2 N–H and O–H groups in total. The van der Waals surface area contributed by atoms with Gasteiger partial charge >= 0.3 is 0 Å². The van der Waals surface area contributed by atoms with E-state index in [-0.39, 0.29) is 11.8 Å². The standard InChI is InChI=1S/C39H25N3O/c40-37(24-11-2-1-3-12-24)43-38(41)25-21-22-35-33(23-25)39(30-17-7-4-13-26(30)27-14-5-8-18-31(27)39)32-19-10-16-29-28-15-6-9-20-34(28)42(35)36(29)32/h1-23,40-41H. The molecule has 7 aromatic rings. The van der Waals surface area contributed by atoms with Gasteiger partial charge in [-0.05, 0) is 69.8 Å². The van der Waals surface area contributed by atoms with Crippen molar-refractivity contribution in [3.63, 3.8) is 0 Å². The Labute approximate surface area is 248 Å². The third-order valence-electron chi connectivity index (χ3n) is 9.19. The summed E-state index contributed by atoms with van der Waals surface area (Å²) in [6.07, 6.45) is 0. The predicted octanol–water partition coefficient (Wildman–Crippen LogP) is 8.83. The molecular weight excluding hydrogens is 526 g/mol.